The first-order valence-electron chi connectivity index (χ1n) is 21.7. The first kappa shape index (κ1) is 38.6. The van der Waals surface area contributed by atoms with Crippen LogP contribution in [0.2, 0.25) is 0 Å². The van der Waals surface area contributed by atoms with Crippen molar-refractivity contribution < 1.29 is 0 Å². The highest BCUT2D eigenvalue weighted by Crippen LogP contribution is 2.41. The van der Waals surface area contributed by atoms with Crippen LogP contribution < -0.4 is 0 Å². The lowest BCUT2D eigenvalue weighted by Crippen LogP contribution is -2.33. The molecule has 1 aromatic heterocycles. The number of benzene rings is 7. The summed E-state index contributed by atoms with van der Waals surface area (Å²) in [6.07, 6.45) is 12.1. The van der Waals surface area contributed by atoms with Crippen molar-refractivity contribution in [2.24, 2.45) is 9.98 Å². The molecule has 0 saturated heterocycles. The third-order valence-corrected chi connectivity index (χ3v) is 12.3. The van der Waals surface area contributed by atoms with Gasteiger partial charge in [0.15, 0.2) is 0 Å². The molecule has 4 nitrogen and oxygen atoms in total. The van der Waals surface area contributed by atoms with E-state index >= 15 is 0 Å². The van der Waals surface area contributed by atoms with Crippen molar-refractivity contribution in [1.82, 2.24) is 9.47 Å². The fourth-order valence-electron chi connectivity index (χ4n) is 9.15. The van der Waals surface area contributed by atoms with Crippen molar-refractivity contribution in [2.75, 3.05) is 13.6 Å². The summed E-state index contributed by atoms with van der Waals surface area (Å²) in [5.41, 5.74) is 15.9. The summed E-state index contributed by atoms with van der Waals surface area (Å²) >= 11 is 0. The minimum Gasteiger partial charge on any atom is -0.349 e. The second kappa shape index (κ2) is 17.2. The van der Waals surface area contributed by atoms with Crippen LogP contribution in [0.1, 0.15) is 58.8 Å². The standard InChI is InChI=1S/C58H48N4/c1-3-41-20-12-7-19-39-59-56(57-55(41)51-29-17-18-30-53(51)62(57)48-25-13-6-14-26-48)50-28-16-15-27-49(50)44-33-35-45(36-34-44)52-40-54(61(2)58(60-52)47-23-10-5-11-24-47)46-37-31-43(32-38-46)42-21-8-4-9-22-42/h4-38,40-41,54H,3,39H2,1-2H3/b19-7-,20-12-,59-56-. The van der Waals surface area contributed by atoms with Crippen molar-refractivity contribution in [2.45, 2.75) is 25.3 Å². The summed E-state index contributed by atoms with van der Waals surface area (Å²) in [5.74, 6) is 1.15. The number of hydrogen-bond donors (Lipinski definition) is 0. The average Bonchev–Trinajstić information content (AvgIpc) is 3.68. The monoisotopic (exact) mass is 800 g/mol. The zero-order valence-electron chi connectivity index (χ0n) is 35.1. The van der Waals surface area contributed by atoms with E-state index < -0.39 is 0 Å². The molecule has 0 spiro atoms. The summed E-state index contributed by atoms with van der Waals surface area (Å²) in [5, 5.41) is 1.26. The predicted molar refractivity (Wildman–Crippen MR) is 260 cm³/mol. The highest BCUT2D eigenvalue weighted by molar-refractivity contribution is 6.19. The van der Waals surface area contributed by atoms with Gasteiger partial charge in [0.05, 0.1) is 35.2 Å². The van der Waals surface area contributed by atoms with Crippen LogP contribution in [0, 0.1) is 0 Å². The van der Waals surface area contributed by atoms with E-state index in [4.69, 9.17) is 9.98 Å². The van der Waals surface area contributed by atoms with E-state index in [9.17, 15) is 0 Å². The lowest BCUT2D eigenvalue weighted by atomic mass is 9.88. The number of aromatic nitrogens is 1. The largest absolute Gasteiger partial charge is 0.349 e. The zero-order chi connectivity index (χ0) is 41.8. The molecule has 0 amide bonds. The Hall–Kier alpha value is -7.56. The molecule has 0 bridgehead atoms. The Bertz CT molecular complexity index is 3010. The minimum absolute atomic E-state index is 0.00468. The maximum Gasteiger partial charge on any atom is 0.137 e. The van der Waals surface area contributed by atoms with Gasteiger partial charge in [-0.2, -0.15) is 0 Å². The number of aliphatic imine (C=N–C) groups is 2. The molecule has 62 heavy (non-hydrogen) atoms. The first-order chi connectivity index (χ1) is 30.7. The molecule has 7 aromatic carbocycles. The van der Waals surface area contributed by atoms with Gasteiger partial charge in [-0.15, -0.1) is 0 Å². The molecule has 2 aliphatic rings. The van der Waals surface area contributed by atoms with Crippen molar-refractivity contribution in [3.63, 3.8) is 0 Å². The molecule has 4 heteroatoms. The normalized spacial score (nSPS) is 18.2. The molecular formula is C58H48N4. The van der Waals surface area contributed by atoms with Gasteiger partial charge in [0, 0.05) is 35.2 Å². The molecule has 3 heterocycles. The molecule has 0 fully saturated rings. The van der Waals surface area contributed by atoms with Crippen LogP contribution in [0.25, 0.3) is 44.5 Å². The summed E-state index contributed by atoms with van der Waals surface area (Å²) in [7, 11) is 2.15. The Morgan fingerprint density at radius 2 is 1.16 bits per heavy atom. The molecule has 0 saturated carbocycles. The van der Waals surface area contributed by atoms with Crippen molar-refractivity contribution in [1.29, 1.82) is 0 Å². The minimum atomic E-state index is -0.00468. The van der Waals surface area contributed by atoms with Crippen LogP contribution >= 0.6 is 0 Å². The van der Waals surface area contributed by atoms with E-state index in [2.05, 4.69) is 242 Å². The van der Waals surface area contributed by atoms with E-state index in [0.29, 0.717) is 6.54 Å². The smallest absolute Gasteiger partial charge is 0.137 e. The van der Waals surface area contributed by atoms with E-state index in [1.54, 1.807) is 0 Å². The lowest BCUT2D eigenvalue weighted by Gasteiger charge is -2.33. The van der Waals surface area contributed by atoms with Crippen LogP contribution in [0.15, 0.2) is 228 Å². The number of likely N-dealkylation sites (N-methyl/N-ethyl adjacent to an activating group) is 1. The van der Waals surface area contributed by atoms with Crippen molar-refractivity contribution >= 4 is 28.1 Å². The maximum absolute atomic E-state index is 5.47. The van der Waals surface area contributed by atoms with E-state index in [1.807, 2.05) is 0 Å². The molecule has 10 rings (SSSR count). The summed E-state index contributed by atoms with van der Waals surface area (Å²) in [6.45, 7) is 2.85. The predicted octanol–water partition coefficient (Wildman–Crippen LogP) is 13.9. The number of hydrogen-bond acceptors (Lipinski definition) is 3. The SMILES string of the molecule is CCC1/C=C\C=C/C/N=C(/c2ccccc2-c2ccc(C3=CC(c4ccc(-c5ccccc5)cc4)N(C)C(c4ccccc4)=N3)cc2)c2c1c1ccccc1n2-c1ccccc1. The van der Waals surface area contributed by atoms with Crippen LogP contribution in [0.4, 0.5) is 0 Å². The number of nitrogens with zero attached hydrogens (tertiary/aromatic N) is 4. The number of allylic oxidation sites excluding steroid dienone is 3. The topological polar surface area (TPSA) is 32.9 Å². The molecule has 2 unspecified atom stereocenters. The van der Waals surface area contributed by atoms with Gasteiger partial charge in [-0.1, -0.05) is 201 Å². The van der Waals surface area contributed by atoms with Crippen LogP contribution in [0.5, 0.6) is 0 Å². The Morgan fingerprint density at radius 1 is 0.565 bits per heavy atom. The number of para-hydroxylation sites is 2. The quantitative estimate of drug-likeness (QED) is 0.151. The molecule has 0 radical (unpaired) electrons. The Morgan fingerprint density at radius 3 is 1.89 bits per heavy atom. The molecule has 2 atom stereocenters. The maximum atomic E-state index is 5.47. The van der Waals surface area contributed by atoms with Crippen LogP contribution in [-0.4, -0.2) is 34.6 Å². The Labute approximate surface area is 364 Å². The van der Waals surface area contributed by atoms with Crippen molar-refractivity contribution in [3.05, 3.63) is 252 Å². The van der Waals surface area contributed by atoms with E-state index in [1.165, 1.54) is 33.2 Å². The van der Waals surface area contributed by atoms with Gasteiger partial charge >= 0.3 is 0 Å². The second-order valence-electron chi connectivity index (χ2n) is 16.0. The van der Waals surface area contributed by atoms with Gasteiger partial charge < -0.3 is 9.47 Å². The molecule has 0 aliphatic carbocycles. The van der Waals surface area contributed by atoms with E-state index in [-0.39, 0.29) is 12.0 Å². The molecule has 0 N–H and O–H groups in total. The summed E-state index contributed by atoms with van der Waals surface area (Å²) in [6, 6.07) is 67.4. The summed E-state index contributed by atoms with van der Waals surface area (Å²) in [4.78, 5) is 13.1. The highest BCUT2D eigenvalue weighted by Gasteiger charge is 2.29. The highest BCUT2D eigenvalue weighted by atomic mass is 15.2. The fraction of sp³-hybridized carbons (Fsp3) is 0.103. The second-order valence-corrected chi connectivity index (χ2v) is 16.0. The van der Waals surface area contributed by atoms with Crippen LogP contribution in [-0.2, 0) is 0 Å². The number of amidine groups is 1. The third-order valence-electron chi connectivity index (χ3n) is 12.3. The summed E-state index contributed by atoms with van der Waals surface area (Å²) < 4.78 is 2.44. The number of rotatable bonds is 8. The molecule has 2 aliphatic heterocycles. The third kappa shape index (κ3) is 7.35. The molecule has 8 aromatic rings. The lowest BCUT2D eigenvalue weighted by molar-refractivity contribution is 0.435. The van der Waals surface area contributed by atoms with Gasteiger partial charge in [0.1, 0.15) is 5.84 Å². The van der Waals surface area contributed by atoms with E-state index in [0.717, 1.165) is 62.9 Å². The van der Waals surface area contributed by atoms with Gasteiger partial charge in [-0.25, -0.2) is 4.99 Å². The van der Waals surface area contributed by atoms with Gasteiger partial charge in [0.25, 0.3) is 0 Å². The first-order valence-corrected chi connectivity index (χ1v) is 21.7. The Kier molecular flexibility index (Phi) is 10.7. The van der Waals surface area contributed by atoms with Gasteiger partial charge in [-0.3, -0.25) is 4.99 Å². The fourth-order valence-corrected chi connectivity index (χ4v) is 9.15. The number of fused-ring (bicyclic) bond motifs is 3. The van der Waals surface area contributed by atoms with Gasteiger partial charge in [-0.05, 0) is 69.6 Å². The van der Waals surface area contributed by atoms with Gasteiger partial charge in [0.2, 0.25) is 0 Å². The van der Waals surface area contributed by atoms with Crippen molar-refractivity contribution in [3.8, 4) is 27.9 Å². The molecule has 300 valence electrons. The average molecular weight is 801 g/mol. The molecular weight excluding hydrogens is 753 g/mol. The Balaban J connectivity index is 1.08. The van der Waals surface area contributed by atoms with Crippen LogP contribution in [0.3, 0.4) is 0 Å². The zero-order valence-corrected chi connectivity index (χ0v) is 35.1.